The summed E-state index contributed by atoms with van der Waals surface area (Å²) in [7, 11) is 0. The van der Waals surface area contributed by atoms with Crippen molar-refractivity contribution < 1.29 is 0 Å². The van der Waals surface area contributed by atoms with Gasteiger partial charge >= 0.3 is 0 Å². The second-order valence-corrected chi connectivity index (χ2v) is 3.01. The quantitative estimate of drug-likeness (QED) is 0.625. The Kier molecular flexibility index (Phi) is 13.4. The van der Waals surface area contributed by atoms with Crippen molar-refractivity contribution in [1.29, 1.82) is 0 Å². The van der Waals surface area contributed by atoms with Gasteiger partial charge in [0.15, 0.2) is 0 Å². The SMILES string of the molecule is CC.CC.CC.Cc1cnccc1C1CC1. The Balaban J connectivity index is 0. The lowest BCUT2D eigenvalue weighted by Crippen LogP contribution is -1.85. The summed E-state index contributed by atoms with van der Waals surface area (Å²) in [6.07, 6.45) is 6.60. The molecule has 0 spiro atoms. The molecule has 1 heterocycles. The second kappa shape index (κ2) is 12.2. The fourth-order valence-corrected chi connectivity index (χ4v) is 1.34. The van der Waals surface area contributed by atoms with Crippen LogP contribution in [0.3, 0.4) is 0 Å². The van der Waals surface area contributed by atoms with Crippen molar-refractivity contribution in [2.24, 2.45) is 0 Å². The predicted octanol–water partition coefficient (Wildman–Crippen LogP) is 5.35. The van der Waals surface area contributed by atoms with E-state index in [0.29, 0.717) is 0 Å². The molecule has 1 aromatic rings. The zero-order valence-electron chi connectivity index (χ0n) is 12.2. The van der Waals surface area contributed by atoms with E-state index in [4.69, 9.17) is 0 Å². The van der Waals surface area contributed by atoms with Crippen LogP contribution < -0.4 is 0 Å². The van der Waals surface area contributed by atoms with E-state index in [1.165, 1.54) is 24.0 Å². The maximum atomic E-state index is 4.06. The molecule has 0 aromatic carbocycles. The lowest BCUT2D eigenvalue weighted by atomic mass is 10.1. The first kappa shape index (κ1) is 17.5. The number of pyridine rings is 1. The summed E-state index contributed by atoms with van der Waals surface area (Å²) in [5.74, 6) is 0.864. The van der Waals surface area contributed by atoms with Gasteiger partial charge in [-0.15, -0.1) is 0 Å². The van der Waals surface area contributed by atoms with E-state index in [-0.39, 0.29) is 0 Å². The van der Waals surface area contributed by atoms with Crippen molar-refractivity contribution >= 4 is 0 Å². The highest BCUT2D eigenvalue weighted by Gasteiger charge is 2.24. The molecule has 0 N–H and O–H groups in total. The summed E-state index contributed by atoms with van der Waals surface area (Å²) in [6, 6.07) is 2.15. The first-order valence-electron chi connectivity index (χ1n) is 6.78. The van der Waals surface area contributed by atoms with Gasteiger partial charge in [0, 0.05) is 12.4 Å². The standard InChI is InChI=1S/C9H11N.3C2H6/c1-7-6-10-5-4-9(7)8-2-3-8;3*1-2/h4-6,8H,2-3H2,1H3;3*1-2H3. The molecule has 0 unspecified atom stereocenters. The highest BCUT2D eigenvalue weighted by Crippen LogP contribution is 2.40. The molecule has 1 fully saturated rings. The largest absolute Gasteiger partial charge is 0.264 e. The topological polar surface area (TPSA) is 12.9 Å². The van der Waals surface area contributed by atoms with Crippen LogP contribution in [-0.4, -0.2) is 4.98 Å². The van der Waals surface area contributed by atoms with Crippen LogP contribution >= 0.6 is 0 Å². The molecule has 94 valence electrons. The summed E-state index contributed by atoms with van der Waals surface area (Å²) in [6.45, 7) is 14.1. The summed E-state index contributed by atoms with van der Waals surface area (Å²) < 4.78 is 0. The van der Waals surface area contributed by atoms with Crippen LogP contribution in [0.4, 0.5) is 0 Å². The number of aryl methyl sites for hydroxylation is 1. The summed E-state index contributed by atoms with van der Waals surface area (Å²) in [5, 5.41) is 0. The van der Waals surface area contributed by atoms with Gasteiger partial charge in [-0.2, -0.15) is 0 Å². The summed E-state index contributed by atoms with van der Waals surface area (Å²) >= 11 is 0. The molecule has 1 aromatic heterocycles. The van der Waals surface area contributed by atoms with E-state index in [2.05, 4.69) is 18.0 Å². The molecular formula is C15H29N. The van der Waals surface area contributed by atoms with E-state index in [1.807, 2.05) is 53.9 Å². The Labute approximate surface area is 102 Å². The van der Waals surface area contributed by atoms with Crippen molar-refractivity contribution in [3.05, 3.63) is 29.6 Å². The predicted molar refractivity (Wildman–Crippen MR) is 75.0 cm³/mol. The van der Waals surface area contributed by atoms with Crippen LogP contribution in [0.25, 0.3) is 0 Å². The Hall–Kier alpha value is -0.850. The Morgan fingerprint density at radius 1 is 1.00 bits per heavy atom. The van der Waals surface area contributed by atoms with Crippen LogP contribution in [-0.2, 0) is 0 Å². The van der Waals surface area contributed by atoms with Gasteiger partial charge in [-0.25, -0.2) is 0 Å². The molecule has 1 nitrogen and oxygen atoms in total. The minimum atomic E-state index is 0.864. The molecular weight excluding hydrogens is 194 g/mol. The van der Waals surface area contributed by atoms with Gasteiger partial charge in [-0.1, -0.05) is 41.5 Å². The van der Waals surface area contributed by atoms with E-state index in [9.17, 15) is 0 Å². The van der Waals surface area contributed by atoms with Crippen LogP contribution in [0.1, 0.15) is 71.4 Å². The van der Waals surface area contributed by atoms with E-state index >= 15 is 0 Å². The van der Waals surface area contributed by atoms with Crippen molar-refractivity contribution in [3.8, 4) is 0 Å². The smallest absolute Gasteiger partial charge is 0.0299 e. The average Bonchev–Trinajstić information content (AvgIpc) is 3.22. The van der Waals surface area contributed by atoms with Crippen molar-refractivity contribution in [2.75, 3.05) is 0 Å². The van der Waals surface area contributed by atoms with E-state index in [1.54, 1.807) is 0 Å². The summed E-state index contributed by atoms with van der Waals surface area (Å²) in [5.41, 5.74) is 2.86. The number of rotatable bonds is 1. The molecule has 1 aliphatic rings. The fourth-order valence-electron chi connectivity index (χ4n) is 1.34. The van der Waals surface area contributed by atoms with Crippen LogP contribution in [0.2, 0.25) is 0 Å². The zero-order valence-corrected chi connectivity index (χ0v) is 12.2. The number of hydrogen-bond donors (Lipinski definition) is 0. The lowest BCUT2D eigenvalue weighted by Gasteiger charge is -1.99. The molecule has 16 heavy (non-hydrogen) atoms. The third-order valence-corrected chi connectivity index (χ3v) is 2.08. The van der Waals surface area contributed by atoms with Gasteiger partial charge in [0.05, 0.1) is 0 Å². The third kappa shape index (κ3) is 6.60. The van der Waals surface area contributed by atoms with Crippen LogP contribution in [0.5, 0.6) is 0 Å². The molecule has 0 amide bonds. The Morgan fingerprint density at radius 2 is 1.50 bits per heavy atom. The van der Waals surface area contributed by atoms with Crippen LogP contribution in [0.15, 0.2) is 18.5 Å². The van der Waals surface area contributed by atoms with Gasteiger partial charge < -0.3 is 0 Å². The minimum absolute atomic E-state index is 0.864. The molecule has 1 heteroatoms. The molecule has 0 radical (unpaired) electrons. The molecule has 0 saturated heterocycles. The normalized spacial score (nSPS) is 11.9. The maximum absolute atomic E-state index is 4.06. The van der Waals surface area contributed by atoms with E-state index in [0.717, 1.165) is 5.92 Å². The first-order chi connectivity index (χ1) is 7.88. The zero-order chi connectivity index (χ0) is 13.0. The molecule has 2 rings (SSSR count). The number of hydrogen-bond acceptors (Lipinski definition) is 1. The Bertz CT molecular complexity index is 239. The maximum Gasteiger partial charge on any atom is 0.0299 e. The molecule has 0 bridgehead atoms. The van der Waals surface area contributed by atoms with Gasteiger partial charge in [0.2, 0.25) is 0 Å². The summed E-state index contributed by atoms with van der Waals surface area (Å²) in [4.78, 5) is 4.06. The van der Waals surface area contributed by atoms with Crippen LogP contribution in [0, 0.1) is 6.92 Å². The minimum Gasteiger partial charge on any atom is -0.264 e. The molecule has 1 aliphatic carbocycles. The van der Waals surface area contributed by atoms with Gasteiger partial charge in [0.1, 0.15) is 0 Å². The highest BCUT2D eigenvalue weighted by molar-refractivity contribution is 5.28. The van der Waals surface area contributed by atoms with Crippen molar-refractivity contribution in [3.63, 3.8) is 0 Å². The number of aromatic nitrogens is 1. The fraction of sp³-hybridized carbons (Fsp3) is 0.667. The van der Waals surface area contributed by atoms with Gasteiger partial charge in [-0.05, 0) is 42.9 Å². The van der Waals surface area contributed by atoms with Gasteiger partial charge in [0.25, 0.3) is 0 Å². The second-order valence-electron chi connectivity index (χ2n) is 3.01. The first-order valence-corrected chi connectivity index (χ1v) is 6.78. The highest BCUT2D eigenvalue weighted by atomic mass is 14.6. The average molecular weight is 223 g/mol. The molecule has 0 atom stereocenters. The van der Waals surface area contributed by atoms with Crippen molar-refractivity contribution in [1.82, 2.24) is 4.98 Å². The monoisotopic (exact) mass is 223 g/mol. The number of nitrogens with zero attached hydrogens (tertiary/aromatic N) is 1. The van der Waals surface area contributed by atoms with Gasteiger partial charge in [-0.3, -0.25) is 4.98 Å². The lowest BCUT2D eigenvalue weighted by molar-refractivity contribution is 1.07. The van der Waals surface area contributed by atoms with E-state index < -0.39 is 0 Å². The third-order valence-electron chi connectivity index (χ3n) is 2.08. The van der Waals surface area contributed by atoms with Crippen molar-refractivity contribution in [2.45, 2.75) is 67.2 Å². The Morgan fingerprint density at radius 3 is 1.88 bits per heavy atom. The molecule has 1 saturated carbocycles. The molecule has 0 aliphatic heterocycles.